The Labute approximate surface area is 94.9 Å². The van der Waals surface area contributed by atoms with Gasteiger partial charge < -0.3 is 5.11 Å². The van der Waals surface area contributed by atoms with Crippen LogP contribution in [0.2, 0.25) is 0 Å². The van der Waals surface area contributed by atoms with Crippen molar-refractivity contribution < 1.29 is 5.11 Å². The maximum atomic E-state index is 9.41. The number of aliphatic hydroxyl groups excluding tert-OH is 1. The van der Waals surface area contributed by atoms with E-state index < -0.39 is 0 Å². The quantitative estimate of drug-likeness (QED) is 0.827. The van der Waals surface area contributed by atoms with Crippen LogP contribution >= 0.6 is 11.8 Å². The molecule has 0 radical (unpaired) electrons. The van der Waals surface area contributed by atoms with Gasteiger partial charge in [0.1, 0.15) is 0 Å². The zero-order chi connectivity index (χ0) is 10.3. The summed E-state index contributed by atoms with van der Waals surface area (Å²) in [6, 6.07) is 6.81. The molecular formula is C13H16OS. The molecule has 2 heteroatoms. The van der Waals surface area contributed by atoms with Crippen LogP contribution in [0, 0.1) is 0 Å². The van der Waals surface area contributed by atoms with Crippen molar-refractivity contribution in [1.29, 1.82) is 0 Å². The zero-order valence-corrected chi connectivity index (χ0v) is 9.65. The van der Waals surface area contributed by atoms with Crippen LogP contribution in [0.15, 0.2) is 23.1 Å². The van der Waals surface area contributed by atoms with Gasteiger partial charge in [0.15, 0.2) is 0 Å². The number of aliphatic hydroxyl groups is 1. The lowest BCUT2D eigenvalue weighted by atomic mass is 9.94. The van der Waals surface area contributed by atoms with Crippen LogP contribution in [0.3, 0.4) is 0 Å². The Kier molecular flexibility index (Phi) is 2.29. The molecule has 0 spiro atoms. The highest BCUT2D eigenvalue weighted by Gasteiger charge is 2.43. The van der Waals surface area contributed by atoms with Crippen LogP contribution in [0.1, 0.15) is 30.4 Å². The van der Waals surface area contributed by atoms with Gasteiger partial charge in [-0.1, -0.05) is 12.1 Å². The molecule has 1 heterocycles. The minimum atomic E-state index is 0.136. The minimum Gasteiger partial charge on any atom is -0.395 e. The van der Waals surface area contributed by atoms with E-state index in [0.29, 0.717) is 6.61 Å². The Bertz CT molecular complexity index is 382. The van der Waals surface area contributed by atoms with Crippen molar-refractivity contribution in [3.63, 3.8) is 0 Å². The van der Waals surface area contributed by atoms with Crippen molar-refractivity contribution >= 4 is 11.8 Å². The second-order valence-electron chi connectivity index (χ2n) is 4.71. The number of fused-ring (bicyclic) bond motifs is 1. The molecule has 1 N–H and O–H groups in total. The van der Waals surface area contributed by atoms with Crippen molar-refractivity contribution in [2.45, 2.75) is 36.0 Å². The highest BCUT2D eigenvalue weighted by Crippen LogP contribution is 2.48. The Hall–Kier alpha value is -0.470. The zero-order valence-electron chi connectivity index (χ0n) is 8.83. The van der Waals surface area contributed by atoms with Crippen molar-refractivity contribution in [2.24, 2.45) is 0 Å². The molecule has 1 aliphatic heterocycles. The molecule has 0 bridgehead atoms. The molecule has 0 atom stereocenters. The van der Waals surface area contributed by atoms with E-state index in [1.165, 1.54) is 34.6 Å². The Morgan fingerprint density at radius 3 is 2.93 bits per heavy atom. The van der Waals surface area contributed by atoms with Gasteiger partial charge in [-0.15, -0.1) is 11.8 Å². The number of thioether (sulfide) groups is 1. The second kappa shape index (κ2) is 3.53. The Balaban J connectivity index is 1.97. The highest BCUT2D eigenvalue weighted by molar-refractivity contribution is 7.99. The summed E-state index contributed by atoms with van der Waals surface area (Å²) in [7, 11) is 0. The van der Waals surface area contributed by atoms with Crippen molar-refractivity contribution in [3.8, 4) is 0 Å². The first-order valence-electron chi connectivity index (χ1n) is 5.71. The molecule has 3 rings (SSSR count). The lowest BCUT2D eigenvalue weighted by molar-refractivity contribution is 0.255. The summed E-state index contributed by atoms with van der Waals surface area (Å²) in [6.07, 6.45) is 4.84. The van der Waals surface area contributed by atoms with Gasteiger partial charge in [-0.25, -0.2) is 0 Å². The summed E-state index contributed by atoms with van der Waals surface area (Å²) in [4.78, 5) is 1.46. The van der Waals surface area contributed by atoms with E-state index in [1.807, 2.05) is 11.8 Å². The molecular weight excluding hydrogens is 204 g/mol. The van der Waals surface area contributed by atoms with E-state index in [2.05, 4.69) is 18.2 Å². The standard InChI is InChI=1S/C13H16OS/c14-9-13(5-6-13)11-3-4-12-10(8-11)2-1-7-15-12/h3-4,8,14H,1-2,5-7,9H2. The van der Waals surface area contributed by atoms with E-state index in [4.69, 9.17) is 0 Å². The third-order valence-corrected chi connectivity index (χ3v) is 4.88. The average molecular weight is 220 g/mol. The third kappa shape index (κ3) is 1.60. The summed E-state index contributed by atoms with van der Waals surface area (Å²) in [5, 5.41) is 9.41. The SMILES string of the molecule is OCC1(c2ccc3c(c2)CCCS3)CC1. The summed E-state index contributed by atoms with van der Waals surface area (Å²) in [5.74, 6) is 1.26. The van der Waals surface area contributed by atoms with Gasteiger partial charge in [0.25, 0.3) is 0 Å². The summed E-state index contributed by atoms with van der Waals surface area (Å²) in [6.45, 7) is 0.318. The van der Waals surface area contributed by atoms with Crippen molar-refractivity contribution in [3.05, 3.63) is 29.3 Å². The molecule has 0 aromatic heterocycles. The number of benzene rings is 1. The van der Waals surface area contributed by atoms with Gasteiger partial charge in [0, 0.05) is 10.3 Å². The predicted octanol–water partition coefficient (Wildman–Crippen LogP) is 2.75. The molecule has 0 saturated heterocycles. The molecule has 1 nitrogen and oxygen atoms in total. The first-order valence-corrected chi connectivity index (χ1v) is 6.70. The maximum Gasteiger partial charge on any atom is 0.0527 e. The molecule has 0 amide bonds. The molecule has 80 valence electrons. The first-order chi connectivity index (χ1) is 7.34. The van der Waals surface area contributed by atoms with Crippen LogP contribution in [0.5, 0.6) is 0 Å². The molecule has 1 aromatic rings. The second-order valence-corrected chi connectivity index (χ2v) is 5.85. The maximum absolute atomic E-state index is 9.41. The molecule has 0 unspecified atom stereocenters. The lowest BCUT2D eigenvalue weighted by Crippen LogP contribution is -2.13. The number of aryl methyl sites for hydroxylation is 1. The topological polar surface area (TPSA) is 20.2 Å². The van der Waals surface area contributed by atoms with E-state index >= 15 is 0 Å². The normalized spacial score (nSPS) is 22.2. The van der Waals surface area contributed by atoms with Gasteiger partial charge in [-0.3, -0.25) is 0 Å². The van der Waals surface area contributed by atoms with Gasteiger partial charge in [-0.2, -0.15) is 0 Å². The molecule has 2 aliphatic rings. The predicted molar refractivity (Wildman–Crippen MR) is 63.5 cm³/mol. The van der Waals surface area contributed by atoms with Gasteiger partial charge in [0.2, 0.25) is 0 Å². The van der Waals surface area contributed by atoms with Crippen LogP contribution in [-0.4, -0.2) is 17.5 Å². The minimum absolute atomic E-state index is 0.136. The van der Waals surface area contributed by atoms with Crippen LogP contribution < -0.4 is 0 Å². The fourth-order valence-corrected chi connectivity index (χ4v) is 3.40. The number of rotatable bonds is 2. The average Bonchev–Trinajstić information content (AvgIpc) is 3.09. The molecule has 15 heavy (non-hydrogen) atoms. The molecule has 1 fully saturated rings. The van der Waals surface area contributed by atoms with Crippen LogP contribution in [0.25, 0.3) is 0 Å². The number of hydrogen-bond donors (Lipinski definition) is 1. The van der Waals surface area contributed by atoms with Crippen LogP contribution in [-0.2, 0) is 11.8 Å². The monoisotopic (exact) mass is 220 g/mol. The summed E-state index contributed by atoms with van der Waals surface area (Å²) in [5.41, 5.74) is 3.01. The molecule has 1 saturated carbocycles. The summed E-state index contributed by atoms with van der Waals surface area (Å²) < 4.78 is 0. The smallest absolute Gasteiger partial charge is 0.0527 e. The molecule has 1 aliphatic carbocycles. The third-order valence-electron chi connectivity index (χ3n) is 3.68. The van der Waals surface area contributed by atoms with Crippen LogP contribution in [0.4, 0.5) is 0 Å². The molecule has 1 aromatic carbocycles. The lowest BCUT2D eigenvalue weighted by Gasteiger charge is -2.19. The van der Waals surface area contributed by atoms with Gasteiger partial charge in [0.05, 0.1) is 6.61 Å². The van der Waals surface area contributed by atoms with Crippen molar-refractivity contribution in [1.82, 2.24) is 0 Å². The largest absolute Gasteiger partial charge is 0.395 e. The number of hydrogen-bond acceptors (Lipinski definition) is 2. The van der Waals surface area contributed by atoms with Crippen molar-refractivity contribution in [2.75, 3.05) is 12.4 Å². The van der Waals surface area contributed by atoms with Gasteiger partial charge >= 0.3 is 0 Å². The highest BCUT2D eigenvalue weighted by atomic mass is 32.2. The van der Waals surface area contributed by atoms with E-state index in [0.717, 1.165) is 12.8 Å². The Morgan fingerprint density at radius 1 is 1.33 bits per heavy atom. The first kappa shape index (κ1) is 9.73. The fraction of sp³-hybridized carbons (Fsp3) is 0.538. The van der Waals surface area contributed by atoms with Gasteiger partial charge in [-0.05, 0) is 48.6 Å². The van der Waals surface area contributed by atoms with E-state index in [-0.39, 0.29) is 5.41 Å². The van der Waals surface area contributed by atoms with E-state index in [9.17, 15) is 5.11 Å². The summed E-state index contributed by atoms with van der Waals surface area (Å²) >= 11 is 1.97. The Morgan fingerprint density at radius 2 is 2.20 bits per heavy atom. The van der Waals surface area contributed by atoms with E-state index in [1.54, 1.807) is 0 Å². The fourth-order valence-electron chi connectivity index (χ4n) is 2.38.